The van der Waals surface area contributed by atoms with E-state index < -0.39 is 0 Å². The molecule has 0 spiro atoms. The molecule has 0 radical (unpaired) electrons. The Morgan fingerprint density at radius 3 is 2.71 bits per heavy atom. The van der Waals surface area contributed by atoms with Crippen molar-refractivity contribution in [1.82, 2.24) is 4.98 Å². The Morgan fingerprint density at radius 2 is 2.24 bits per heavy atom. The predicted molar refractivity (Wildman–Crippen MR) is 70.1 cm³/mol. The number of pyridine rings is 1. The summed E-state index contributed by atoms with van der Waals surface area (Å²) in [6.07, 6.45) is 5.90. The molecule has 1 aliphatic rings. The van der Waals surface area contributed by atoms with Crippen molar-refractivity contribution in [3.63, 3.8) is 0 Å². The van der Waals surface area contributed by atoms with Crippen molar-refractivity contribution in [3.8, 4) is 0 Å². The number of anilines is 1. The molecule has 0 aliphatic heterocycles. The molecule has 1 heterocycles. The number of aliphatic hydroxyl groups is 1. The lowest BCUT2D eigenvalue weighted by atomic mass is 9.85. The topological polar surface area (TPSA) is 36.4 Å². The van der Waals surface area contributed by atoms with E-state index in [1.165, 1.54) is 19.3 Å². The van der Waals surface area contributed by atoms with Crippen LogP contribution < -0.4 is 4.90 Å². The van der Waals surface area contributed by atoms with Crippen molar-refractivity contribution in [3.05, 3.63) is 23.4 Å². The van der Waals surface area contributed by atoms with Crippen molar-refractivity contribution in [1.29, 1.82) is 0 Å². The SMILES string of the molecule is CCN(CC1CCC1)c1ncc(CO)cc1C. The summed E-state index contributed by atoms with van der Waals surface area (Å²) in [5.41, 5.74) is 2.06. The van der Waals surface area contributed by atoms with E-state index in [9.17, 15) is 0 Å². The molecule has 0 aromatic carbocycles. The van der Waals surface area contributed by atoms with Gasteiger partial charge in [-0.25, -0.2) is 4.98 Å². The van der Waals surface area contributed by atoms with E-state index in [0.717, 1.165) is 36.0 Å². The van der Waals surface area contributed by atoms with E-state index in [2.05, 4.69) is 23.7 Å². The van der Waals surface area contributed by atoms with Crippen LogP contribution in [0.5, 0.6) is 0 Å². The van der Waals surface area contributed by atoms with Crippen LogP contribution in [0.15, 0.2) is 12.3 Å². The van der Waals surface area contributed by atoms with Crippen molar-refractivity contribution in [2.45, 2.75) is 39.7 Å². The fourth-order valence-electron chi connectivity index (χ4n) is 2.40. The predicted octanol–water partition coefficient (Wildman–Crippen LogP) is 2.51. The van der Waals surface area contributed by atoms with Gasteiger partial charge < -0.3 is 10.0 Å². The summed E-state index contributed by atoms with van der Waals surface area (Å²) in [6, 6.07) is 2.03. The second-order valence-corrected chi connectivity index (χ2v) is 4.98. The molecule has 0 unspecified atom stereocenters. The molecular weight excluding hydrogens is 212 g/mol. The third-order valence-corrected chi connectivity index (χ3v) is 3.67. The third kappa shape index (κ3) is 2.78. The van der Waals surface area contributed by atoms with Crippen LogP contribution in [-0.2, 0) is 6.61 Å². The first kappa shape index (κ1) is 12.4. The Bertz CT molecular complexity index is 374. The number of rotatable bonds is 5. The van der Waals surface area contributed by atoms with E-state index in [1.54, 1.807) is 6.20 Å². The van der Waals surface area contributed by atoms with E-state index >= 15 is 0 Å². The van der Waals surface area contributed by atoms with E-state index in [0.29, 0.717) is 0 Å². The molecule has 0 amide bonds. The van der Waals surface area contributed by atoms with Gasteiger partial charge in [0.2, 0.25) is 0 Å². The molecule has 1 aromatic heterocycles. The van der Waals surface area contributed by atoms with Crippen molar-refractivity contribution in [2.75, 3.05) is 18.0 Å². The smallest absolute Gasteiger partial charge is 0.131 e. The van der Waals surface area contributed by atoms with Crippen LogP contribution in [-0.4, -0.2) is 23.2 Å². The molecule has 1 aromatic rings. The molecule has 94 valence electrons. The lowest BCUT2D eigenvalue weighted by molar-refractivity contribution is 0.281. The largest absolute Gasteiger partial charge is 0.392 e. The highest BCUT2D eigenvalue weighted by Crippen LogP contribution is 2.29. The summed E-state index contributed by atoms with van der Waals surface area (Å²) in [5, 5.41) is 9.09. The monoisotopic (exact) mass is 234 g/mol. The Morgan fingerprint density at radius 1 is 1.47 bits per heavy atom. The Kier molecular flexibility index (Phi) is 4.00. The molecule has 1 saturated carbocycles. The first-order valence-corrected chi connectivity index (χ1v) is 6.56. The molecular formula is C14H22N2O. The quantitative estimate of drug-likeness (QED) is 0.850. The van der Waals surface area contributed by atoms with Gasteiger partial charge in [0, 0.05) is 19.3 Å². The van der Waals surface area contributed by atoms with Gasteiger partial charge in [0.25, 0.3) is 0 Å². The number of nitrogens with zero attached hydrogens (tertiary/aromatic N) is 2. The average Bonchev–Trinajstić information content (AvgIpc) is 2.29. The lowest BCUT2D eigenvalue weighted by Crippen LogP contribution is -2.33. The second kappa shape index (κ2) is 5.50. The molecule has 17 heavy (non-hydrogen) atoms. The average molecular weight is 234 g/mol. The summed E-state index contributed by atoms with van der Waals surface area (Å²) in [5.74, 6) is 1.94. The maximum absolute atomic E-state index is 9.09. The minimum Gasteiger partial charge on any atom is -0.392 e. The molecule has 2 rings (SSSR count). The van der Waals surface area contributed by atoms with Gasteiger partial charge in [0.05, 0.1) is 6.61 Å². The highest BCUT2D eigenvalue weighted by atomic mass is 16.3. The molecule has 1 N–H and O–H groups in total. The van der Waals surface area contributed by atoms with Crippen LogP contribution in [0, 0.1) is 12.8 Å². The number of aliphatic hydroxyl groups excluding tert-OH is 1. The standard InChI is InChI=1S/C14H22N2O/c1-3-16(9-12-5-4-6-12)14-11(2)7-13(10-17)8-15-14/h7-8,12,17H,3-6,9-10H2,1-2H3. The fourth-order valence-corrected chi connectivity index (χ4v) is 2.40. The van der Waals surface area contributed by atoms with Crippen LogP contribution in [0.25, 0.3) is 0 Å². The van der Waals surface area contributed by atoms with E-state index in [4.69, 9.17) is 5.11 Å². The molecule has 0 atom stereocenters. The summed E-state index contributed by atoms with van der Waals surface area (Å²) >= 11 is 0. The van der Waals surface area contributed by atoms with Gasteiger partial charge in [-0.1, -0.05) is 6.42 Å². The van der Waals surface area contributed by atoms with Crippen LogP contribution >= 0.6 is 0 Å². The van der Waals surface area contributed by atoms with Gasteiger partial charge in [-0.3, -0.25) is 0 Å². The summed E-state index contributed by atoms with van der Waals surface area (Å²) < 4.78 is 0. The molecule has 1 aliphatic carbocycles. The lowest BCUT2D eigenvalue weighted by Gasteiger charge is -2.33. The number of hydrogen-bond acceptors (Lipinski definition) is 3. The van der Waals surface area contributed by atoms with Crippen LogP contribution in [0.1, 0.15) is 37.3 Å². The Balaban J connectivity index is 2.11. The molecule has 0 saturated heterocycles. The number of aromatic nitrogens is 1. The van der Waals surface area contributed by atoms with Crippen LogP contribution in [0.3, 0.4) is 0 Å². The van der Waals surface area contributed by atoms with Gasteiger partial charge >= 0.3 is 0 Å². The molecule has 3 heteroatoms. The first-order valence-electron chi connectivity index (χ1n) is 6.56. The first-order chi connectivity index (χ1) is 8.24. The maximum Gasteiger partial charge on any atom is 0.131 e. The van der Waals surface area contributed by atoms with E-state index in [-0.39, 0.29) is 6.61 Å². The molecule has 3 nitrogen and oxygen atoms in total. The summed E-state index contributed by atoms with van der Waals surface area (Å²) in [4.78, 5) is 6.86. The summed E-state index contributed by atoms with van der Waals surface area (Å²) in [7, 11) is 0. The highest BCUT2D eigenvalue weighted by Gasteiger charge is 2.21. The van der Waals surface area contributed by atoms with Crippen molar-refractivity contribution >= 4 is 5.82 Å². The summed E-state index contributed by atoms with van der Waals surface area (Å²) in [6.45, 7) is 6.46. The minimum absolute atomic E-state index is 0.0723. The Labute approximate surface area is 103 Å². The second-order valence-electron chi connectivity index (χ2n) is 4.98. The maximum atomic E-state index is 9.09. The normalized spacial score (nSPS) is 15.7. The minimum atomic E-state index is 0.0723. The number of hydrogen-bond donors (Lipinski definition) is 1. The van der Waals surface area contributed by atoms with Gasteiger partial charge in [0.15, 0.2) is 0 Å². The van der Waals surface area contributed by atoms with Gasteiger partial charge in [-0.05, 0) is 49.8 Å². The van der Waals surface area contributed by atoms with Gasteiger partial charge in [-0.15, -0.1) is 0 Å². The molecule has 1 fully saturated rings. The zero-order chi connectivity index (χ0) is 12.3. The fraction of sp³-hybridized carbons (Fsp3) is 0.643. The van der Waals surface area contributed by atoms with Crippen molar-refractivity contribution in [2.24, 2.45) is 5.92 Å². The highest BCUT2D eigenvalue weighted by molar-refractivity contribution is 5.47. The van der Waals surface area contributed by atoms with E-state index in [1.807, 2.05) is 6.07 Å². The zero-order valence-electron chi connectivity index (χ0n) is 10.8. The molecule has 0 bridgehead atoms. The van der Waals surface area contributed by atoms with Crippen LogP contribution in [0.2, 0.25) is 0 Å². The number of aryl methyl sites for hydroxylation is 1. The third-order valence-electron chi connectivity index (χ3n) is 3.67. The van der Waals surface area contributed by atoms with Crippen LogP contribution in [0.4, 0.5) is 5.82 Å². The van der Waals surface area contributed by atoms with Gasteiger partial charge in [-0.2, -0.15) is 0 Å². The van der Waals surface area contributed by atoms with Gasteiger partial charge in [0.1, 0.15) is 5.82 Å². The van der Waals surface area contributed by atoms with Crippen molar-refractivity contribution < 1.29 is 5.11 Å². The Hall–Kier alpha value is -1.09. The zero-order valence-corrected chi connectivity index (χ0v) is 10.8.